The molecule has 2 rings (SSSR count). The lowest BCUT2D eigenvalue weighted by molar-refractivity contribution is -0.143. The summed E-state index contributed by atoms with van der Waals surface area (Å²) in [4.78, 5) is 26.8. The summed E-state index contributed by atoms with van der Waals surface area (Å²) in [5.74, 6) is -4.18. The van der Waals surface area contributed by atoms with Crippen molar-refractivity contribution >= 4 is 23.4 Å². The Morgan fingerprint density at radius 2 is 1.69 bits per heavy atom. The van der Waals surface area contributed by atoms with E-state index < -0.39 is 52.4 Å². The Morgan fingerprint density at radius 1 is 1.03 bits per heavy atom. The minimum atomic E-state index is -5.11. The second-order valence-electron chi connectivity index (χ2n) is 6.79. The van der Waals surface area contributed by atoms with Gasteiger partial charge in [-0.2, -0.15) is 13.2 Å². The van der Waals surface area contributed by atoms with Crippen LogP contribution in [0, 0.1) is 11.6 Å². The number of hydrogen-bond donors (Lipinski definition) is 2. The summed E-state index contributed by atoms with van der Waals surface area (Å²) in [5, 5.41) is 4.27. The summed E-state index contributed by atoms with van der Waals surface area (Å²) < 4.78 is 71.2. The number of ether oxygens (including phenoxy) is 1. The minimum absolute atomic E-state index is 0.0298. The molecule has 6 nitrogen and oxygen atoms in total. The van der Waals surface area contributed by atoms with Crippen LogP contribution in [-0.2, 0) is 10.9 Å². The summed E-state index contributed by atoms with van der Waals surface area (Å²) >= 11 is 0. The quantitative estimate of drug-likeness (QED) is 0.691. The molecule has 1 aromatic carbocycles. The Labute approximate surface area is 162 Å². The topological polar surface area (TPSA) is 80.3 Å². The Bertz CT molecular complexity index is 939. The number of anilines is 2. The molecule has 0 aliphatic rings. The number of hydrogen-bond acceptors (Lipinski definition) is 4. The molecule has 0 radical (unpaired) electrons. The number of nitrogens with zero attached hydrogens (tertiary/aromatic N) is 1. The first-order valence-electron chi connectivity index (χ1n) is 8.10. The highest BCUT2D eigenvalue weighted by atomic mass is 19.4. The lowest BCUT2D eigenvalue weighted by atomic mass is 10.1. The fraction of sp³-hybridized carbons (Fsp3) is 0.278. The fourth-order valence-electron chi connectivity index (χ4n) is 2.13. The second kappa shape index (κ2) is 8.02. The summed E-state index contributed by atoms with van der Waals surface area (Å²) in [6.45, 7) is 4.88. The molecular formula is C18H16F5N3O3. The predicted octanol–water partition coefficient (Wildman–Crippen LogP) is 4.98. The molecule has 1 heterocycles. The van der Waals surface area contributed by atoms with Gasteiger partial charge < -0.3 is 10.1 Å². The normalized spacial score (nSPS) is 11.7. The molecule has 0 spiro atoms. The number of benzene rings is 1. The number of carbonyl (C=O) groups is 2. The second-order valence-corrected chi connectivity index (χ2v) is 6.79. The maximum absolute atomic E-state index is 14.0. The van der Waals surface area contributed by atoms with Gasteiger partial charge in [0.1, 0.15) is 11.4 Å². The number of amides is 2. The molecule has 2 aromatic rings. The molecule has 0 unspecified atom stereocenters. The zero-order chi connectivity index (χ0) is 22.0. The van der Waals surface area contributed by atoms with Gasteiger partial charge in [-0.1, -0.05) is 0 Å². The van der Waals surface area contributed by atoms with E-state index in [0.29, 0.717) is 6.20 Å². The van der Waals surface area contributed by atoms with E-state index >= 15 is 0 Å². The van der Waals surface area contributed by atoms with Crippen molar-refractivity contribution in [1.82, 2.24) is 4.98 Å². The van der Waals surface area contributed by atoms with Crippen LogP contribution in [0.25, 0.3) is 0 Å². The zero-order valence-corrected chi connectivity index (χ0v) is 15.4. The maximum atomic E-state index is 14.0. The molecule has 11 heteroatoms. The fourth-order valence-corrected chi connectivity index (χ4v) is 2.13. The summed E-state index contributed by atoms with van der Waals surface area (Å²) in [5.41, 5.74) is -4.10. The van der Waals surface area contributed by atoms with Crippen molar-refractivity contribution in [3.8, 4) is 0 Å². The van der Waals surface area contributed by atoms with Crippen molar-refractivity contribution in [3.63, 3.8) is 0 Å². The standard InChI is InChI=1S/C18H16F5N3O3/c1-17(2,3)29-16(28)25-9-4-5-11(19)12(8-9)26-15(27)10-6-7-24-14(13(10)20)18(21,22)23/h4-8H,1-3H3,(H,25,28)(H,26,27). The molecule has 156 valence electrons. The molecule has 2 amide bonds. The number of halogens is 5. The zero-order valence-electron chi connectivity index (χ0n) is 15.4. The average Bonchev–Trinajstić information content (AvgIpc) is 2.55. The highest BCUT2D eigenvalue weighted by molar-refractivity contribution is 6.05. The van der Waals surface area contributed by atoms with Gasteiger partial charge >= 0.3 is 12.3 Å². The van der Waals surface area contributed by atoms with Crippen LogP contribution in [0.15, 0.2) is 30.5 Å². The van der Waals surface area contributed by atoms with E-state index in [1.807, 2.05) is 5.32 Å². The summed E-state index contributed by atoms with van der Waals surface area (Å²) in [7, 11) is 0. The maximum Gasteiger partial charge on any atom is 0.436 e. The van der Waals surface area contributed by atoms with Crippen LogP contribution in [0.3, 0.4) is 0 Å². The molecular weight excluding hydrogens is 401 g/mol. The van der Waals surface area contributed by atoms with Crippen LogP contribution in [0.4, 0.5) is 38.1 Å². The van der Waals surface area contributed by atoms with Crippen molar-refractivity contribution in [2.45, 2.75) is 32.5 Å². The third-order valence-electron chi connectivity index (χ3n) is 3.26. The van der Waals surface area contributed by atoms with E-state index in [1.54, 1.807) is 20.8 Å². The Kier molecular flexibility index (Phi) is 6.10. The van der Waals surface area contributed by atoms with Gasteiger partial charge in [0.25, 0.3) is 5.91 Å². The molecule has 0 saturated heterocycles. The van der Waals surface area contributed by atoms with Crippen LogP contribution >= 0.6 is 0 Å². The molecule has 0 atom stereocenters. The molecule has 1 aromatic heterocycles. The van der Waals surface area contributed by atoms with Crippen molar-refractivity contribution in [2.75, 3.05) is 10.6 Å². The van der Waals surface area contributed by atoms with Crippen molar-refractivity contribution in [2.24, 2.45) is 0 Å². The smallest absolute Gasteiger partial charge is 0.436 e. The van der Waals surface area contributed by atoms with Gasteiger partial charge in [0.05, 0.1) is 11.3 Å². The van der Waals surface area contributed by atoms with Gasteiger partial charge in [0.2, 0.25) is 0 Å². The van der Waals surface area contributed by atoms with Crippen molar-refractivity contribution in [1.29, 1.82) is 0 Å². The monoisotopic (exact) mass is 417 g/mol. The van der Waals surface area contributed by atoms with Gasteiger partial charge in [-0.3, -0.25) is 10.1 Å². The molecule has 0 aliphatic heterocycles. The number of alkyl halides is 3. The Balaban J connectivity index is 2.24. The van der Waals surface area contributed by atoms with Crippen LogP contribution in [0.5, 0.6) is 0 Å². The van der Waals surface area contributed by atoms with Gasteiger partial charge in [-0.05, 0) is 45.0 Å². The molecule has 0 fully saturated rings. The number of rotatable bonds is 3. The van der Waals surface area contributed by atoms with Crippen LogP contribution in [0.1, 0.15) is 36.8 Å². The third kappa shape index (κ3) is 5.87. The third-order valence-corrected chi connectivity index (χ3v) is 3.26. The van der Waals surface area contributed by atoms with E-state index in [2.05, 4.69) is 10.3 Å². The van der Waals surface area contributed by atoms with E-state index in [4.69, 9.17) is 4.74 Å². The van der Waals surface area contributed by atoms with Gasteiger partial charge in [0.15, 0.2) is 11.5 Å². The predicted molar refractivity (Wildman–Crippen MR) is 93.4 cm³/mol. The summed E-state index contributed by atoms with van der Waals surface area (Å²) in [6, 6.07) is 3.79. The minimum Gasteiger partial charge on any atom is -0.444 e. The average molecular weight is 417 g/mol. The molecule has 0 bridgehead atoms. The molecule has 29 heavy (non-hydrogen) atoms. The number of carbonyl (C=O) groups excluding carboxylic acids is 2. The Hall–Kier alpha value is -3.24. The largest absolute Gasteiger partial charge is 0.444 e. The highest BCUT2D eigenvalue weighted by Crippen LogP contribution is 2.31. The van der Waals surface area contributed by atoms with E-state index in [0.717, 1.165) is 18.2 Å². The molecule has 0 aliphatic carbocycles. The first-order valence-corrected chi connectivity index (χ1v) is 8.10. The molecule has 2 N–H and O–H groups in total. The van der Waals surface area contributed by atoms with Crippen LogP contribution in [0.2, 0.25) is 0 Å². The van der Waals surface area contributed by atoms with Gasteiger partial charge in [0, 0.05) is 11.9 Å². The lowest BCUT2D eigenvalue weighted by Gasteiger charge is -2.20. The van der Waals surface area contributed by atoms with E-state index in [1.165, 1.54) is 6.07 Å². The van der Waals surface area contributed by atoms with Crippen molar-refractivity contribution < 1.29 is 36.3 Å². The molecule has 0 saturated carbocycles. The first-order chi connectivity index (χ1) is 13.3. The number of pyridine rings is 1. The van der Waals surface area contributed by atoms with Crippen LogP contribution in [-0.4, -0.2) is 22.6 Å². The van der Waals surface area contributed by atoms with Gasteiger partial charge in [-0.25, -0.2) is 18.6 Å². The van der Waals surface area contributed by atoms with Crippen LogP contribution < -0.4 is 10.6 Å². The summed E-state index contributed by atoms with van der Waals surface area (Å²) in [6.07, 6.45) is -5.35. The number of aromatic nitrogens is 1. The van der Waals surface area contributed by atoms with E-state index in [9.17, 15) is 31.5 Å². The highest BCUT2D eigenvalue weighted by Gasteiger charge is 2.37. The SMILES string of the molecule is CC(C)(C)OC(=O)Nc1ccc(F)c(NC(=O)c2ccnc(C(F)(F)F)c2F)c1. The first kappa shape index (κ1) is 22.1. The van der Waals surface area contributed by atoms with Crippen molar-refractivity contribution in [3.05, 3.63) is 53.4 Å². The van der Waals surface area contributed by atoms with E-state index in [-0.39, 0.29) is 5.69 Å². The number of nitrogens with one attached hydrogen (secondary N) is 2. The Morgan fingerprint density at radius 3 is 2.28 bits per heavy atom. The van der Waals surface area contributed by atoms with Gasteiger partial charge in [-0.15, -0.1) is 0 Å². The lowest BCUT2D eigenvalue weighted by Crippen LogP contribution is -2.27.